The van der Waals surface area contributed by atoms with Crippen LogP contribution in [-0.4, -0.2) is 28.9 Å². The predicted octanol–water partition coefficient (Wildman–Crippen LogP) is 6.45. The fourth-order valence-corrected chi connectivity index (χ4v) is 5.40. The molecule has 1 aromatic heterocycles. The lowest BCUT2D eigenvalue weighted by atomic mass is 10.1. The number of thioether (sulfide) groups is 1. The number of halogens is 4. The van der Waals surface area contributed by atoms with E-state index in [1.165, 1.54) is 18.2 Å². The van der Waals surface area contributed by atoms with Gasteiger partial charge in [-0.2, -0.15) is 0 Å². The van der Waals surface area contributed by atoms with Gasteiger partial charge in [0.2, 0.25) is 5.43 Å². The van der Waals surface area contributed by atoms with Gasteiger partial charge in [0.25, 0.3) is 11.1 Å². The monoisotopic (exact) mass is 600 g/mol. The number of allylic oxidation sites excluding steroid dienone is 1. The molecule has 1 N–H and O–H groups in total. The van der Waals surface area contributed by atoms with Crippen LogP contribution in [0.25, 0.3) is 27.7 Å². The summed E-state index contributed by atoms with van der Waals surface area (Å²) in [4.78, 5) is 37.1. The van der Waals surface area contributed by atoms with Crippen molar-refractivity contribution in [1.82, 2.24) is 9.88 Å². The van der Waals surface area contributed by atoms with Gasteiger partial charge >= 0.3 is 0 Å². The first-order valence-electron chi connectivity index (χ1n) is 12.1. The quantitative estimate of drug-likeness (QED) is 0.194. The molecule has 2 heterocycles. The maximum atomic E-state index is 14.1. The van der Waals surface area contributed by atoms with E-state index < -0.39 is 34.0 Å². The molecule has 0 bridgehead atoms. The standard InChI is InChI=1S/C29H20ClF3N2O5S/c1-14(27-28(37)34-29(38)41-27)15-4-8-23(19(30)11-15)39-9-10-40-26-24(16-3-6-20(32)21(33)12-16)35(2)22-7-5-17(31)13-18(22)25(26)36/h3-8,11-13H,9-10H2,1-2H3,(H,34,37,38)/b27-14+. The van der Waals surface area contributed by atoms with Crippen molar-refractivity contribution < 1.29 is 32.2 Å². The summed E-state index contributed by atoms with van der Waals surface area (Å²) in [6.45, 7) is 1.49. The second kappa shape index (κ2) is 11.3. The molecule has 3 aromatic carbocycles. The number of carbonyl (C=O) groups is 2. The van der Waals surface area contributed by atoms with Gasteiger partial charge in [-0.25, -0.2) is 13.2 Å². The lowest BCUT2D eigenvalue weighted by Crippen LogP contribution is -2.19. The van der Waals surface area contributed by atoms with E-state index in [4.69, 9.17) is 21.1 Å². The number of fused-ring (bicyclic) bond motifs is 1. The molecule has 12 heteroatoms. The number of pyridine rings is 1. The van der Waals surface area contributed by atoms with Gasteiger partial charge in [-0.05, 0) is 78.4 Å². The number of nitrogens with zero attached hydrogens (tertiary/aromatic N) is 1. The lowest BCUT2D eigenvalue weighted by molar-refractivity contribution is -0.115. The average Bonchev–Trinajstić information content (AvgIpc) is 3.28. The van der Waals surface area contributed by atoms with Crippen LogP contribution in [0.3, 0.4) is 0 Å². The molecular formula is C29H20ClF3N2O5S. The predicted molar refractivity (Wildman–Crippen MR) is 151 cm³/mol. The molecule has 1 aliphatic heterocycles. The van der Waals surface area contributed by atoms with Crippen LogP contribution in [0.2, 0.25) is 5.02 Å². The van der Waals surface area contributed by atoms with E-state index in [0.29, 0.717) is 22.4 Å². The summed E-state index contributed by atoms with van der Waals surface area (Å²) in [5.74, 6) is -3.14. The summed E-state index contributed by atoms with van der Waals surface area (Å²) in [6, 6.07) is 11.8. The van der Waals surface area contributed by atoms with Crippen molar-refractivity contribution in [2.75, 3.05) is 13.2 Å². The lowest BCUT2D eigenvalue weighted by Gasteiger charge is -2.18. The first-order valence-corrected chi connectivity index (χ1v) is 13.3. The van der Waals surface area contributed by atoms with E-state index in [-0.39, 0.29) is 45.5 Å². The Morgan fingerprint density at radius 2 is 1.71 bits per heavy atom. The zero-order chi connectivity index (χ0) is 29.4. The van der Waals surface area contributed by atoms with Crippen molar-refractivity contribution in [3.63, 3.8) is 0 Å². The zero-order valence-electron chi connectivity index (χ0n) is 21.5. The number of aromatic nitrogens is 1. The number of carbonyl (C=O) groups excluding carboxylic acids is 2. The SMILES string of the molecule is C/C(=C1\SC(=O)NC1=O)c1ccc(OCCOc2c(-c3ccc(F)c(F)c3)n(C)c3ccc(F)cc3c2=O)c(Cl)c1. The average molecular weight is 601 g/mol. The van der Waals surface area contributed by atoms with Crippen molar-refractivity contribution in [2.24, 2.45) is 7.05 Å². The van der Waals surface area contributed by atoms with E-state index >= 15 is 0 Å². The first kappa shape index (κ1) is 28.3. The van der Waals surface area contributed by atoms with Gasteiger partial charge in [-0.1, -0.05) is 17.7 Å². The minimum absolute atomic E-state index is 0.0497. The van der Waals surface area contributed by atoms with E-state index in [2.05, 4.69) is 5.32 Å². The van der Waals surface area contributed by atoms with Gasteiger partial charge < -0.3 is 14.0 Å². The summed E-state index contributed by atoms with van der Waals surface area (Å²) < 4.78 is 54.8. The fraction of sp³-hybridized carbons (Fsp3) is 0.138. The maximum absolute atomic E-state index is 14.1. The summed E-state index contributed by atoms with van der Waals surface area (Å²) in [6.07, 6.45) is 0. The Morgan fingerprint density at radius 3 is 2.39 bits per heavy atom. The molecule has 5 rings (SSSR count). The molecule has 4 aromatic rings. The molecule has 1 saturated heterocycles. The van der Waals surface area contributed by atoms with E-state index in [1.807, 2.05) is 0 Å². The van der Waals surface area contributed by atoms with Crippen molar-refractivity contribution >= 4 is 51.0 Å². The Morgan fingerprint density at radius 1 is 0.951 bits per heavy atom. The number of hydrogen-bond acceptors (Lipinski definition) is 6. The molecule has 1 fully saturated rings. The van der Waals surface area contributed by atoms with Crippen LogP contribution >= 0.6 is 23.4 Å². The molecule has 1 aliphatic rings. The molecule has 0 unspecified atom stereocenters. The van der Waals surface area contributed by atoms with Gasteiger partial charge in [-0.15, -0.1) is 0 Å². The summed E-state index contributed by atoms with van der Waals surface area (Å²) >= 11 is 7.19. The Balaban J connectivity index is 1.39. The Hall–Kier alpha value is -4.22. The largest absolute Gasteiger partial charge is 0.488 e. The van der Waals surface area contributed by atoms with Crippen LogP contribution in [0.4, 0.5) is 18.0 Å². The fourth-order valence-electron chi connectivity index (χ4n) is 4.43. The van der Waals surface area contributed by atoms with Gasteiger partial charge in [0.15, 0.2) is 17.4 Å². The number of hydrogen-bond donors (Lipinski definition) is 1. The number of benzene rings is 3. The van der Waals surface area contributed by atoms with Crippen LogP contribution in [-0.2, 0) is 11.8 Å². The molecular weight excluding hydrogens is 581 g/mol. The molecule has 0 spiro atoms. The number of amides is 2. The topological polar surface area (TPSA) is 86.6 Å². The highest BCUT2D eigenvalue weighted by molar-refractivity contribution is 8.18. The molecule has 0 radical (unpaired) electrons. The minimum atomic E-state index is -1.11. The second-order valence-electron chi connectivity index (χ2n) is 9.00. The first-order chi connectivity index (χ1) is 19.5. The van der Waals surface area contributed by atoms with Crippen LogP contribution in [0.1, 0.15) is 12.5 Å². The third kappa shape index (κ3) is 5.55. The normalized spacial score (nSPS) is 14.4. The van der Waals surface area contributed by atoms with E-state index in [0.717, 1.165) is 30.0 Å². The summed E-state index contributed by atoms with van der Waals surface area (Å²) in [5.41, 5.74) is 1.29. The van der Waals surface area contributed by atoms with Crippen LogP contribution < -0.4 is 20.2 Å². The minimum Gasteiger partial charge on any atom is -0.488 e. The van der Waals surface area contributed by atoms with Gasteiger partial charge in [0, 0.05) is 12.6 Å². The second-order valence-corrected chi connectivity index (χ2v) is 10.4. The van der Waals surface area contributed by atoms with Gasteiger partial charge in [0.1, 0.15) is 24.8 Å². The van der Waals surface area contributed by atoms with Gasteiger partial charge in [0.05, 0.1) is 26.5 Å². The van der Waals surface area contributed by atoms with Crippen LogP contribution in [0, 0.1) is 17.5 Å². The number of nitrogens with one attached hydrogen (secondary N) is 1. The molecule has 7 nitrogen and oxygen atoms in total. The Kier molecular flexibility index (Phi) is 7.83. The highest BCUT2D eigenvalue weighted by Crippen LogP contribution is 2.35. The molecule has 2 amide bonds. The smallest absolute Gasteiger partial charge is 0.290 e. The highest BCUT2D eigenvalue weighted by Gasteiger charge is 2.28. The maximum Gasteiger partial charge on any atom is 0.290 e. The number of rotatable bonds is 7. The Labute approximate surface area is 240 Å². The highest BCUT2D eigenvalue weighted by atomic mass is 35.5. The molecule has 0 atom stereocenters. The Bertz CT molecular complexity index is 1840. The number of imide groups is 1. The summed E-state index contributed by atoms with van der Waals surface area (Å²) in [5, 5.41) is 2.04. The number of ether oxygens (including phenoxy) is 2. The van der Waals surface area contributed by atoms with Crippen molar-refractivity contribution in [3.8, 4) is 22.8 Å². The third-order valence-corrected chi connectivity index (χ3v) is 7.70. The zero-order valence-corrected chi connectivity index (χ0v) is 23.1. The van der Waals surface area contributed by atoms with E-state index in [9.17, 15) is 27.6 Å². The molecule has 210 valence electrons. The summed E-state index contributed by atoms with van der Waals surface area (Å²) in [7, 11) is 1.60. The number of aryl methyl sites for hydroxylation is 1. The third-order valence-electron chi connectivity index (χ3n) is 6.42. The van der Waals surface area contributed by atoms with Crippen molar-refractivity contribution in [2.45, 2.75) is 6.92 Å². The van der Waals surface area contributed by atoms with E-state index in [1.54, 1.807) is 36.7 Å². The molecule has 0 aliphatic carbocycles. The van der Waals surface area contributed by atoms with Gasteiger partial charge in [-0.3, -0.25) is 19.7 Å². The molecule has 0 saturated carbocycles. The van der Waals surface area contributed by atoms with Crippen molar-refractivity contribution in [3.05, 3.63) is 97.8 Å². The van der Waals surface area contributed by atoms with Crippen molar-refractivity contribution in [1.29, 1.82) is 0 Å². The van der Waals surface area contributed by atoms with Crippen LogP contribution in [0.15, 0.2) is 64.3 Å². The molecule has 41 heavy (non-hydrogen) atoms. The van der Waals surface area contributed by atoms with Crippen LogP contribution in [0.5, 0.6) is 11.5 Å².